The lowest BCUT2D eigenvalue weighted by Gasteiger charge is -2.09. The van der Waals surface area contributed by atoms with Crippen LogP contribution in [0.15, 0.2) is 28.9 Å². The van der Waals surface area contributed by atoms with Crippen LogP contribution in [0.1, 0.15) is 22.4 Å². The van der Waals surface area contributed by atoms with Crippen LogP contribution in [-0.2, 0) is 13.2 Å². The van der Waals surface area contributed by atoms with Crippen molar-refractivity contribution in [2.45, 2.75) is 27.0 Å². The van der Waals surface area contributed by atoms with E-state index in [2.05, 4.69) is 39.2 Å². The average Bonchev–Trinajstić information content (AvgIpc) is 2.82. The zero-order chi connectivity index (χ0) is 13.7. The molecule has 0 aliphatic carbocycles. The highest BCUT2D eigenvalue weighted by atomic mass is 79.9. The lowest BCUT2D eigenvalue weighted by molar-refractivity contribution is 0.309. The summed E-state index contributed by atoms with van der Waals surface area (Å²) in [5, 5.41) is 4.39. The van der Waals surface area contributed by atoms with Crippen LogP contribution in [0.25, 0.3) is 0 Å². The Balaban J connectivity index is 2.00. The van der Waals surface area contributed by atoms with Gasteiger partial charge in [0.2, 0.25) is 0 Å². The fraction of sp³-hybridized carbons (Fsp3) is 0.357. The van der Waals surface area contributed by atoms with Gasteiger partial charge < -0.3 is 10.1 Å². The molecular weight excluding hydrogens is 324 g/mol. The van der Waals surface area contributed by atoms with E-state index in [0.717, 1.165) is 33.2 Å². The molecule has 0 saturated carbocycles. The van der Waals surface area contributed by atoms with Crippen molar-refractivity contribution in [1.82, 2.24) is 10.3 Å². The monoisotopic (exact) mass is 340 g/mol. The molecule has 0 fully saturated rings. The van der Waals surface area contributed by atoms with Crippen LogP contribution < -0.4 is 10.1 Å². The summed E-state index contributed by atoms with van der Waals surface area (Å²) in [7, 11) is 0. The highest BCUT2D eigenvalue weighted by molar-refractivity contribution is 9.10. The zero-order valence-corrected chi connectivity index (χ0v) is 13.5. The van der Waals surface area contributed by atoms with E-state index in [1.165, 1.54) is 5.56 Å². The molecular formula is C14H17BrN2OS. The number of nitrogens with zero attached hydrogens (tertiary/aromatic N) is 1. The van der Waals surface area contributed by atoms with E-state index in [9.17, 15) is 0 Å². The topological polar surface area (TPSA) is 34.1 Å². The Kier molecular flexibility index (Phi) is 5.36. The van der Waals surface area contributed by atoms with Crippen LogP contribution in [0.5, 0.6) is 5.75 Å². The first-order valence-electron chi connectivity index (χ1n) is 6.22. The Morgan fingerprint density at radius 2 is 2.26 bits per heavy atom. The summed E-state index contributed by atoms with van der Waals surface area (Å²) in [5.74, 6) is 0.891. The third kappa shape index (κ3) is 4.30. The fourth-order valence-electron chi connectivity index (χ4n) is 1.66. The molecule has 5 heteroatoms. The van der Waals surface area contributed by atoms with Crippen molar-refractivity contribution in [3.05, 3.63) is 44.3 Å². The minimum atomic E-state index is 0.577. The molecule has 0 unspecified atom stereocenters. The SMILES string of the molecule is CCNCc1cc(OCc2cnc(C)s2)ccc1Br. The highest BCUT2D eigenvalue weighted by Crippen LogP contribution is 2.24. The molecule has 0 radical (unpaired) electrons. The van der Waals surface area contributed by atoms with E-state index in [0.29, 0.717) is 6.61 Å². The Morgan fingerprint density at radius 1 is 1.42 bits per heavy atom. The van der Waals surface area contributed by atoms with Gasteiger partial charge in [0.25, 0.3) is 0 Å². The first kappa shape index (κ1) is 14.5. The predicted molar refractivity (Wildman–Crippen MR) is 82.7 cm³/mol. The molecule has 1 N–H and O–H groups in total. The second-order valence-electron chi connectivity index (χ2n) is 4.17. The van der Waals surface area contributed by atoms with Crippen molar-refractivity contribution in [1.29, 1.82) is 0 Å². The Bertz CT molecular complexity index is 542. The smallest absolute Gasteiger partial charge is 0.124 e. The molecule has 0 saturated heterocycles. The normalized spacial score (nSPS) is 10.7. The maximum atomic E-state index is 5.80. The lowest BCUT2D eigenvalue weighted by Crippen LogP contribution is -2.12. The van der Waals surface area contributed by atoms with E-state index < -0.39 is 0 Å². The number of thiazole rings is 1. The van der Waals surface area contributed by atoms with Gasteiger partial charge in [-0.2, -0.15) is 0 Å². The van der Waals surface area contributed by atoms with Gasteiger partial charge in [-0.3, -0.25) is 0 Å². The lowest BCUT2D eigenvalue weighted by atomic mass is 10.2. The molecule has 19 heavy (non-hydrogen) atoms. The van der Waals surface area contributed by atoms with Crippen LogP contribution in [0, 0.1) is 6.92 Å². The Morgan fingerprint density at radius 3 is 2.95 bits per heavy atom. The van der Waals surface area contributed by atoms with Gasteiger partial charge in [-0.15, -0.1) is 11.3 Å². The molecule has 0 aliphatic heterocycles. The first-order chi connectivity index (χ1) is 9.19. The van der Waals surface area contributed by atoms with Crippen molar-refractivity contribution in [3.8, 4) is 5.75 Å². The zero-order valence-electron chi connectivity index (χ0n) is 11.1. The Hall–Kier alpha value is -0.910. The molecule has 0 bridgehead atoms. The molecule has 0 amide bonds. The van der Waals surface area contributed by atoms with Crippen LogP contribution in [0.4, 0.5) is 0 Å². The maximum Gasteiger partial charge on any atom is 0.124 e. The summed E-state index contributed by atoms with van der Waals surface area (Å²) in [6.45, 7) is 6.47. The van der Waals surface area contributed by atoms with Crippen molar-refractivity contribution < 1.29 is 4.74 Å². The standard InChI is InChI=1S/C14H17BrN2OS/c1-3-16-7-11-6-12(4-5-14(11)15)18-9-13-8-17-10(2)19-13/h4-6,8,16H,3,7,9H2,1-2H3. The summed E-state index contributed by atoms with van der Waals surface area (Å²) in [6.07, 6.45) is 1.87. The molecule has 2 aromatic rings. The molecule has 102 valence electrons. The number of aromatic nitrogens is 1. The van der Waals surface area contributed by atoms with Crippen molar-refractivity contribution in [2.75, 3.05) is 6.54 Å². The summed E-state index contributed by atoms with van der Waals surface area (Å²) in [5.41, 5.74) is 1.21. The minimum absolute atomic E-state index is 0.577. The fourth-order valence-corrected chi connectivity index (χ4v) is 2.76. The minimum Gasteiger partial charge on any atom is -0.488 e. The van der Waals surface area contributed by atoms with Crippen molar-refractivity contribution in [2.24, 2.45) is 0 Å². The van der Waals surface area contributed by atoms with Crippen LogP contribution in [0.2, 0.25) is 0 Å². The number of halogens is 1. The first-order valence-corrected chi connectivity index (χ1v) is 7.83. The number of nitrogens with one attached hydrogen (secondary N) is 1. The van der Waals surface area contributed by atoms with Crippen LogP contribution >= 0.6 is 27.3 Å². The number of benzene rings is 1. The average molecular weight is 341 g/mol. The van der Waals surface area contributed by atoms with Gasteiger partial charge in [-0.05, 0) is 37.2 Å². The van der Waals surface area contributed by atoms with Gasteiger partial charge in [-0.25, -0.2) is 4.98 Å². The molecule has 1 aromatic carbocycles. The van der Waals surface area contributed by atoms with Crippen molar-refractivity contribution in [3.63, 3.8) is 0 Å². The summed E-state index contributed by atoms with van der Waals surface area (Å²) in [6, 6.07) is 6.08. The molecule has 3 nitrogen and oxygen atoms in total. The second-order valence-corrected chi connectivity index (χ2v) is 6.34. The highest BCUT2D eigenvalue weighted by Gasteiger charge is 2.04. The molecule has 1 aromatic heterocycles. The number of hydrogen-bond donors (Lipinski definition) is 1. The maximum absolute atomic E-state index is 5.80. The predicted octanol–water partition coefficient (Wildman–Crippen LogP) is 3.90. The number of rotatable bonds is 6. The summed E-state index contributed by atoms with van der Waals surface area (Å²) < 4.78 is 6.91. The third-order valence-electron chi connectivity index (χ3n) is 2.63. The number of ether oxygens (including phenoxy) is 1. The quantitative estimate of drug-likeness (QED) is 0.865. The van der Waals surface area contributed by atoms with Gasteiger partial charge in [0.1, 0.15) is 12.4 Å². The van der Waals surface area contributed by atoms with E-state index in [1.807, 2.05) is 25.3 Å². The summed E-state index contributed by atoms with van der Waals surface area (Å²) in [4.78, 5) is 5.37. The largest absolute Gasteiger partial charge is 0.488 e. The third-order valence-corrected chi connectivity index (χ3v) is 4.29. The van der Waals surface area contributed by atoms with Gasteiger partial charge in [-0.1, -0.05) is 22.9 Å². The molecule has 2 rings (SSSR count). The summed E-state index contributed by atoms with van der Waals surface area (Å²) >= 11 is 5.23. The van der Waals surface area contributed by atoms with E-state index in [-0.39, 0.29) is 0 Å². The van der Waals surface area contributed by atoms with E-state index >= 15 is 0 Å². The second kappa shape index (κ2) is 7.03. The molecule has 0 aliphatic rings. The van der Waals surface area contributed by atoms with Gasteiger partial charge in [0, 0.05) is 17.2 Å². The molecule has 1 heterocycles. The van der Waals surface area contributed by atoms with Gasteiger partial charge >= 0.3 is 0 Å². The van der Waals surface area contributed by atoms with Gasteiger partial charge in [0.15, 0.2) is 0 Å². The van der Waals surface area contributed by atoms with E-state index in [1.54, 1.807) is 11.3 Å². The van der Waals surface area contributed by atoms with Crippen LogP contribution in [-0.4, -0.2) is 11.5 Å². The van der Waals surface area contributed by atoms with Crippen molar-refractivity contribution >= 4 is 27.3 Å². The van der Waals surface area contributed by atoms with E-state index in [4.69, 9.17) is 4.74 Å². The van der Waals surface area contributed by atoms with Crippen LogP contribution in [0.3, 0.4) is 0 Å². The van der Waals surface area contributed by atoms with Gasteiger partial charge in [0.05, 0.1) is 9.88 Å². The number of aryl methyl sites for hydroxylation is 1. The number of hydrogen-bond acceptors (Lipinski definition) is 4. The Labute approximate surface area is 126 Å². The molecule has 0 spiro atoms. The molecule has 0 atom stereocenters.